The minimum Gasteiger partial charge on any atom is -0.508 e. The van der Waals surface area contributed by atoms with E-state index in [1.54, 1.807) is 0 Å². The zero-order chi connectivity index (χ0) is 28.1. The number of rotatable bonds is 4. The molecule has 1 aromatic carbocycles. The van der Waals surface area contributed by atoms with Crippen LogP contribution in [0.2, 0.25) is 5.02 Å². The number of halogens is 4. The van der Waals surface area contributed by atoms with Gasteiger partial charge in [-0.25, -0.2) is 4.39 Å². The number of alkyl halides is 3. The summed E-state index contributed by atoms with van der Waals surface area (Å²) in [6.07, 6.45) is 4.61. The van der Waals surface area contributed by atoms with E-state index in [0.29, 0.717) is 78.5 Å². The van der Waals surface area contributed by atoms with E-state index in [2.05, 4.69) is 20.1 Å². The lowest BCUT2D eigenvalue weighted by atomic mass is 9.66. The number of ether oxygens (including phenoxy) is 1. The number of hydrogen-bond donors (Lipinski definition) is 2. The van der Waals surface area contributed by atoms with Crippen molar-refractivity contribution < 1.29 is 23.0 Å². The van der Waals surface area contributed by atoms with Crippen molar-refractivity contribution in [3.05, 3.63) is 39.5 Å². The summed E-state index contributed by atoms with van der Waals surface area (Å²) in [6, 6.07) is 3.43. The second kappa shape index (κ2) is 9.10. The number of aromatic nitrogens is 2. The van der Waals surface area contributed by atoms with Gasteiger partial charge in [0.05, 0.1) is 11.0 Å². The Hall–Kier alpha value is -2.30. The Morgan fingerprint density at radius 3 is 2.59 bits per heavy atom. The second-order valence-electron chi connectivity index (χ2n) is 13.2. The molecule has 11 heteroatoms. The van der Waals surface area contributed by atoms with Crippen LogP contribution in [0, 0.1) is 0 Å². The van der Waals surface area contributed by atoms with E-state index in [4.69, 9.17) is 21.3 Å². The van der Waals surface area contributed by atoms with Crippen molar-refractivity contribution in [2.75, 3.05) is 37.7 Å². The van der Waals surface area contributed by atoms with Crippen molar-refractivity contribution in [1.82, 2.24) is 20.2 Å². The highest BCUT2D eigenvalue weighted by atomic mass is 35.5. The zero-order valence-electron chi connectivity index (χ0n) is 22.9. The zero-order valence-corrected chi connectivity index (χ0v) is 23.7. The molecule has 0 radical (unpaired) electrons. The SMILES string of the molecule is Oc1cc(Cl)c2c(c1)[C@]1(CC2)CCc2c(N3C[C@H]4CC[C@@H](C3)N4)nc(OC[C@@]34CCCN3C[C@H](F)C4)nc2C1(F)F. The molecule has 0 amide bonds. The first-order valence-electron chi connectivity index (χ1n) is 15.0. The summed E-state index contributed by atoms with van der Waals surface area (Å²) in [5, 5.41) is 14.3. The van der Waals surface area contributed by atoms with Crippen molar-refractivity contribution in [3.8, 4) is 11.8 Å². The topological polar surface area (TPSA) is 73.8 Å². The molecule has 7 nitrogen and oxygen atoms in total. The van der Waals surface area contributed by atoms with Gasteiger partial charge in [-0.05, 0) is 81.2 Å². The highest BCUT2D eigenvalue weighted by molar-refractivity contribution is 6.31. The maximum Gasteiger partial charge on any atom is 0.318 e. The monoisotopic (exact) mass is 589 g/mol. The molecule has 0 unspecified atom stereocenters. The molecule has 2 N–H and O–H groups in total. The Balaban J connectivity index is 1.21. The molecule has 1 aromatic heterocycles. The number of nitrogens with one attached hydrogen (secondary N) is 1. The lowest BCUT2D eigenvalue weighted by molar-refractivity contribution is -0.102. The fourth-order valence-corrected chi connectivity index (χ4v) is 9.28. The number of phenolic OH excluding ortho intramolecular Hbond substituents is 1. The van der Waals surface area contributed by atoms with E-state index in [1.807, 2.05) is 0 Å². The van der Waals surface area contributed by atoms with E-state index in [0.717, 1.165) is 32.2 Å². The van der Waals surface area contributed by atoms with Gasteiger partial charge in [0, 0.05) is 48.7 Å². The van der Waals surface area contributed by atoms with E-state index in [9.17, 15) is 9.50 Å². The van der Waals surface area contributed by atoms with Crippen LogP contribution in [-0.2, 0) is 24.2 Å². The average molecular weight is 590 g/mol. The van der Waals surface area contributed by atoms with Crippen molar-refractivity contribution in [2.45, 2.75) is 92.9 Å². The fraction of sp³-hybridized carbons (Fsp3) is 0.667. The van der Waals surface area contributed by atoms with Gasteiger partial charge in [0.1, 0.15) is 30.0 Å². The van der Waals surface area contributed by atoms with Crippen LogP contribution in [0.1, 0.15) is 67.3 Å². The largest absolute Gasteiger partial charge is 0.508 e. The molecular formula is C30H35ClF3N5O2. The number of anilines is 1. The van der Waals surface area contributed by atoms with Crippen LogP contribution < -0.4 is 15.0 Å². The summed E-state index contributed by atoms with van der Waals surface area (Å²) in [6.45, 7) is 2.78. The molecule has 2 aromatic rings. The summed E-state index contributed by atoms with van der Waals surface area (Å²) < 4.78 is 54.7. The molecule has 4 aliphatic heterocycles. The van der Waals surface area contributed by atoms with Crippen LogP contribution in [0.3, 0.4) is 0 Å². The van der Waals surface area contributed by atoms with Gasteiger partial charge >= 0.3 is 6.01 Å². The molecule has 2 aliphatic carbocycles. The van der Waals surface area contributed by atoms with Crippen LogP contribution in [0.4, 0.5) is 19.0 Å². The number of benzene rings is 1. The molecule has 41 heavy (non-hydrogen) atoms. The van der Waals surface area contributed by atoms with Gasteiger partial charge in [0.25, 0.3) is 5.92 Å². The first kappa shape index (κ1) is 26.3. The van der Waals surface area contributed by atoms with E-state index >= 15 is 8.78 Å². The molecule has 2 bridgehead atoms. The summed E-state index contributed by atoms with van der Waals surface area (Å²) in [7, 11) is 0. The van der Waals surface area contributed by atoms with Crippen LogP contribution in [-0.4, -0.2) is 76.6 Å². The number of phenols is 1. The Labute approximate surface area is 242 Å². The molecule has 1 spiro atoms. The summed E-state index contributed by atoms with van der Waals surface area (Å²) in [5.74, 6) is -2.90. The van der Waals surface area contributed by atoms with Gasteiger partial charge in [0.2, 0.25) is 0 Å². The van der Waals surface area contributed by atoms with Crippen molar-refractivity contribution in [1.29, 1.82) is 0 Å². The molecule has 220 valence electrons. The third-order valence-corrected chi connectivity index (χ3v) is 11.2. The van der Waals surface area contributed by atoms with Crippen molar-refractivity contribution >= 4 is 17.4 Å². The van der Waals surface area contributed by atoms with Crippen LogP contribution in [0.25, 0.3) is 0 Å². The van der Waals surface area contributed by atoms with Gasteiger partial charge in [-0.2, -0.15) is 18.7 Å². The molecule has 6 aliphatic rings. The molecule has 5 atom stereocenters. The molecule has 0 saturated carbocycles. The Morgan fingerprint density at radius 2 is 1.80 bits per heavy atom. The summed E-state index contributed by atoms with van der Waals surface area (Å²) in [4.78, 5) is 13.6. The van der Waals surface area contributed by atoms with Crippen LogP contribution in [0.15, 0.2) is 12.1 Å². The Bertz CT molecular complexity index is 1400. The lowest BCUT2D eigenvalue weighted by Crippen LogP contribution is -2.52. The second-order valence-corrected chi connectivity index (χ2v) is 13.6. The van der Waals surface area contributed by atoms with Crippen molar-refractivity contribution in [2.24, 2.45) is 0 Å². The number of aromatic hydroxyl groups is 1. The molecule has 8 rings (SSSR count). The predicted octanol–water partition coefficient (Wildman–Crippen LogP) is 4.65. The Kier molecular flexibility index (Phi) is 5.85. The summed E-state index contributed by atoms with van der Waals surface area (Å²) >= 11 is 6.42. The first-order valence-corrected chi connectivity index (χ1v) is 15.4. The predicted molar refractivity (Wildman–Crippen MR) is 148 cm³/mol. The third-order valence-electron chi connectivity index (χ3n) is 10.9. The molecule has 4 saturated heterocycles. The minimum absolute atomic E-state index is 0.0583. The maximum atomic E-state index is 17.0. The minimum atomic E-state index is -3.33. The van der Waals surface area contributed by atoms with Gasteiger partial charge in [-0.15, -0.1) is 0 Å². The van der Waals surface area contributed by atoms with Gasteiger partial charge in [-0.3, -0.25) is 4.90 Å². The number of nitrogens with zero attached hydrogens (tertiary/aromatic N) is 4. The quantitative estimate of drug-likeness (QED) is 0.538. The smallest absolute Gasteiger partial charge is 0.318 e. The standard InChI is InChI=1S/C30H35ClF3N5O2/c31-24-11-20(40)10-23-21(24)4-7-29(23)8-5-22-25(30(29,33)34)36-27(37-26(22)38-14-18-2-3-19(15-38)35-18)41-16-28-6-1-9-39(28)13-17(32)12-28/h10-11,17-19,35,40H,1-9,12-16H2/t17-,18-,19+,28+,29+/m1/s1. The van der Waals surface area contributed by atoms with Gasteiger partial charge < -0.3 is 20.1 Å². The van der Waals surface area contributed by atoms with Gasteiger partial charge in [0.15, 0.2) is 0 Å². The number of fused-ring (bicyclic) bond motifs is 6. The Morgan fingerprint density at radius 1 is 1.05 bits per heavy atom. The highest BCUT2D eigenvalue weighted by Gasteiger charge is 2.63. The lowest BCUT2D eigenvalue weighted by Gasteiger charge is -2.44. The van der Waals surface area contributed by atoms with E-state index in [-0.39, 0.29) is 36.9 Å². The number of hydrogen-bond acceptors (Lipinski definition) is 7. The molecule has 5 heterocycles. The first-order chi connectivity index (χ1) is 19.7. The average Bonchev–Trinajstić information content (AvgIpc) is 3.67. The van der Waals surface area contributed by atoms with E-state index in [1.165, 1.54) is 12.1 Å². The summed E-state index contributed by atoms with van der Waals surface area (Å²) in [5.41, 5.74) is -0.649. The normalized spacial score (nSPS) is 35.1. The van der Waals surface area contributed by atoms with Crippen LogP contribution >= 0.6 is 11.6 Å². The maximum absolute atomic E-state index is 17.0. The third kappa shape index (κ3) is 3.85. The van der Waals surface area contributed by atoms with Gasteiger partial charge in [-0.1, -0.05) is 11.6 Å². The fourth-order valence-electron chi connectivity index (χ4n) is 8.97. The van der Waals surface area contributed by atoms with Crippen LogP contribution in [0.5, 0.6) is 11.8 Å². The highest BCUT2D eigenvalue weighted by Crippen LogP contribution is 2.61. The molecule has 4 fully saturated rings. The number of piperazine rings is 1. The van der Waals surface area contributed by atoms with E-state index < -0.39 is 23.0 Å². The van der Waals surface area contributed by atoms with Crippen molar-refractivity contribution in [3.63, 3.8) is 0 Å². The molecular weight excluding hydrogens is 555 g/mol.